The molecule has 0 radical (unpaired) electrons. The second kappa shape index (κ2) is 5.98. The first-order valence-corrected chi connectivity index (χ1v) is 6.93. The van der Waals surface area contributed by atoms with E-state index in [9.17, 15) is 0 Å². The van der Waals surface area contributed by atoms with Gasteiger partial charge in [0.1, 0.15) is 0 Å². The molecule has 17 heavy (non-hydrogen) atoms. The van der Waals surface area contributed by atoms with Crippen LogP contribution in [0.1, 0.15) is 29.2 Å². The van der Waals surface area contributed by atoms with Crippen molar-refractivity contribution in [2.75, 3.05) is 6.54 Å². The lowest BCUT2D eigenvalue weighted by atomic mass is 10.3. The zero-order valence-corrected chi connectivity index (χ0v) is 11.3. The van der Waals surface area contributed by atoms with Crippen molar-refractivity contribution in [2.24, 2.45) is 0 Å². The van der Waals surface area contributed by atoms with Gasteiger partial charge in [-0.15, -0.1) is 11.3 Å². The number of nitrogens with zero attached hydrogens (tertiary/aromatic N) is 2. The van der Waals surface area contributed by atoms with E-state index in [0.717, 1.165) is 26.1 Å². The standard InChI is InChI=1S/C13H19N3S/c1-3-12-5-6-13(17-12)10-16-9-11(8-15-16)7-14-4-2/h5-6,8-9,14H,3-4,7,10H2,1-2H3. The number of thiophene rings is 1. The van der Waals surface area contributed by atoms with E-state index in [1.54, 1.807) is 0 Å². The van der Waals surface area contributed by atoms with Crippen molar-refractivity contribution < 1.29 is 0 Å². The van der Waals surface area contributed by atoms with Crippen LogP contribution < -0.4 is 5.32 Å². The van der Waals surface area contributed by atoms with Gasteiger partial charge in [-0.3, -0.25) is 4.68 Å². The summed E-state index contributed by atoms with van der Waals surface area (Å²) in [6, 6.07) is 4.41. The minimum atomic E-state index is 0.886. The fourth-order valence-electron chi connectivity index (χ4n) is 1.71. The summed E-state index contributed by atoms with van der Waals surface area (Å²) in [6.07, 6.45) is 5.18. The Hall–Kier alpha value is -1.13. The molecule has 1 N–H and O–H groups in total. The Kier molecular flexibility index (Phi) is 4.34. The molecule has 4 heteroatoms. The van der Waals surface area contributed by atoms with Crippen molar-refractivity contribution in [3.05, 3.63) is 39.8 Å². The van der Waals surface area contributed by atoms with Crippen molar-refractivity contribution >= 4 is 11.3 Å². The third kappa shape index (κ3) is 3.41. The van der Waals surface area contributed by atoms with Crippen LogP contribution in [0.25, 0.3) is 0 Å². The van der Waals surface area contributed by atoms with Crippen molar-refractivity contribution in [1.82, 2.24) is 15.1 Å². The minimum Gasteiger partial charge on any atom is -0.313 e. The molecule has 0 aliphatic rings. The van der Waals surface area contributed by atoms with Crippen LogP contribution in [0.3, 0.4) is 0 Å². The molecule has 0 atom stereocenters. The monoisotopic (exact) mass is 249 g/mol. The van der Waals surface area contributed by atoms with E-state index >= 15 is 0 Å². The van der Waals surface area contributed by atoms with Crippen LogP contribution in [0, 0.1) is 0 Å². The van der Waals surface area contributed by atoms with Gasteiger partial charge < -0.3 is 5.32 Å². The molecule has 2 aromatic heterocycles. The Morgan fingerprint density at radius 1 is 1.29 bits per heavy atom. The Morgan fingerprint density at radius 3 is 2.82 bits per heavy atom. The van der Waals surface area contributed by atoms with Gasteiger partial charge in [0.05, 0.1) is 12.7 Å². The molecule has 2 heterocycles. The molecule has 2 aromatic rings. The minimum absolute atomic E-state index is 0.886. The van der Waals surface area contributed by atoms with Gasteiger partial charge in [0.2, 0.25) is 0 Å². The summed E-state index contributed by atoms with van der Waals surface area (Å²) in [4.78, 5) is 2.82. The highest BCUT2D eigenvalue weighted by Crippen LogP contribution is 2.17. The molecule has 0 amide bonds. The first-order chi connectivity index (χ1) is 8.31. The molecular weight excluding hydrogens is 230 g/mol. The average molecular weight is 249 g/mol. The molecule has 0 aliphatic heterocycles. The van der Waals surface area contributed by atoms with E-state index < -0.39 is 0 Å². The van der Waals surface area contributed by atoms with Crippen LogP contribution in [0.4, 0.5) is 0 Å². The Labute approximate surface area is 106 Å². The molecule has 0 aliphatic carbocycles. The summed E-state index contributed by atoms with van der Waals surface area (Å²) in [7, 11) is 0. The van der Waals surface area contributed by atoms with Crippen molar-refractivity contribution in [3.63, 3.8) is 0 Å². The molecule has 0 spiro atoms. The summed E-state index contributed by atoms with van der Waals surface area (Å²) < 4.78 is 2.01. The fourth-order valence-corrected chi connectivity index (χ4v) is 2.66. The number of hydrogen-bond acceptors (Lipinski definition) is 3. The van der Waals surface area contributed by atoms with Crippen LogP contribution in [-0.4, -0.2) is 16.3 Å². The highest BCUT2D eigenvalue weighted by atomic mass is 32.1. The lowest BCUT2D eigenvalue weighted by Crippen LogP contribution is -2.11. The van der Waals surface area contributed by atoms with Gasteiger partial charge in [-0.1, -0.05) is 13.8 Å². The van der Waals surface area contributed by atoms with Gasteiger partial charge in [-0.2, -0.15) is 5.10 Å². The zero-order chi connectivity index (χ0) is 12.1. The average Bonchev–Trinajstić information content (AvgIpc) is 2.96. The summed E-state index contributed by atoms with van der Waals surface area (Å²) in [5, 5.41) is 7.69. The molecule has 92 valence electrons. The first-order valence-electron chi connectivity index (χ1n) is 6.11. The third-order valence-electron chi connectivity index (χ3n) is 2.65. The zero-order valence-electron chi connectivity index (χ0n) is 10.4. The first kappa shape index (κ1) is 12.3. The predicted octanol–water partition coefficient (Wildman–Crippen LogP) is 2.66. The lowest BCUT2D eigenvalue weighted by Gasteiger charge is -1.98. The molecular formula is C13H19N3S. The quantitative estimate of drug-likeness (QED) is 0.853. The van der Waals surface area contributed by atoms with Gasteiger partial charge in [-0.25, -0.2) is 0 Å². The van der Waals surface area contributed by atoms with Gasteiger partial charge in [0, 0.05) is 28.1 Å². The number of aromatic nitrogens is 2. The van der Waals surface area contributed by atoms with E-state index in [1.807, 2.05) is 22.2 Å². The summed E-state index contributed by atoms with van der Waals surface area (Å²) >= 11 is 1.88. The molecule has 0 unspecified atom stereocenters. The SMILES string of the molecule is CCNCc1cnn(Cc2ccc(CC)s2)c1. The molecule has 0 fully saturated rings. The second-order valence-electron chi connectivity index (χ2n) is 4.05. The van der Waals surface area contributed by atoms with E-state index in [1.165, 1.54) is 15.3 Å². The van der Waals surface area contributed by atoms with Crippen LogP contribution in [-0.2, 0) is 19.5 Å². The lowest BCUT2D eigenvalue weighted by molar-refractivity contribution is 0.690. The Balaban J connectivity index is 1.96. The maximum Gasteiger partial charge on any atom is 0.0752 e. The van der Waals surface area contributed by atoms with E-state index in [0.29, 0.717) is 0 Å². The summed E-state index contributed by atoms with van der Waals surface area (Å²) in [5.41, 5.74) is 1.25. The van der Waals surface area contributed by atoms with Crippen molar-refractivity contribution in [2.45, 2.75) is 33.4 Å². The highest BCUT2D eigenvalue weighted by molar-refractivity contribution is 7.11. The summed E-state index contributed by atoms with van der Waals surface area (Å²) in [5.74, 6) is 0. The van der Waals surface area contributed by atoms with E-state index in [4.69, 9.17) is 0 Å². The number of aryl methyl sites for hydroxylation is 1. The Bertz CT molecular complexity index is 459. The van der Waals surface area contributed by atoms with Crippen LogP contribution in [0.5, 0.6) is 0 Å². The van der Waals surface area contributed by atoms with Crippen LogP contribution >= 0.6 is 11.3 Å². The normalized spacial score (nSPS) is 10.9. The number of rotatable bonds is 6. The molecule has 0 saturated heterocycles. The van der Waals surface area contributed by atoms with Crippen LogP contribution in [0.2, 0.25) is 0 Å². The van der Waals surface area contributed by atoms with Gasteiger partial charge in [-0.05, 0) is 25.1 Å². The molecule has 2 rings (SSSR count). The van der Waals surface area contributed by atoms with E-state index in [-0.39, 0.29) is 0 Å². The second-order valence-corrected chi connectivity index (χ2v) is 5.30. The summed E-state index contributed by atoms with van der Waals surface area (Å²) in [6.45, 7) is 7.09. The van der Waals surface area contributed by atoms with Gasteiger partial charge in [0.15, 0.2) is 0 Å². The number of hydrogen-bond donors (Lipinski definition) is 1. The number of nitrogens with one attached hydrogen (secondary N) is 1. The molecule has 0 bridgehead atoms. The fraction of sp³-hybridized carbons (Fsp3) is 0.462. The topological polar surface area (TPSA) is 29.9 Å². The van der Waals surface area contributed by atoms with Gasteiger partial charge in [0.25, 0.3) is 0 Å². The highest BCUT2D eigenvalue weighted by Gasteiger charge is 2.02. The molecule has 3 nitrogen and oxygen atoms in total. The Morgan fingerprint density at radius 2 is 2.12 bits per heavy atom. The molecule has 0 saturated carbocycles. The predicted molar refractivity (Wildman–Crippen MR) is 72.4 cm³/mol. The van der Waals surface area contributed by atoms with Crippen molar-refractivity contribution in [3.8, 4) is 0 Å². The third-order valence-corrected chi connectivity index (χ3v) is 3.86. The maximum absolute atomic E-state index is 4.38. The van der Waals surface area contributed by atoms with Crippen LogP contribution in [0.15, 0.2) is 24.5 Å². The largest absolute Gasteiger partial charge is 0.313 e. The molecule has 0 aromatic carbocycles. The smallest absolute Gasteiger partial charge is 0.0752 e. The van der Waals surface area contributed by atoms with E-state index in [2.05, 4.69) is 42.6 Å². The maximum atomic E-state index is 4.38. The van der Waals surface area contributed by atoms with Gasteiger partial charge >= 0.3 is 0 Å². The van der Waals surface area contributed by atoms with Crippen molar-refractivity contribution in [1.29, 1.82) is 0 Å².